The molecule has 0 bridgehead atoms. The number of aromatic hydroxyl groups is 1. The minimum Gasteiger partial charge on any atom is -0.508 e. The van der Waals surface area contributed by atoms with E-state index in [9.17, 15) is 9.90 Å². The van der Waals surface area contributed by atoms with Crippen LogP contribution < -0.4 is 10.1 Å². The number of phenolic OH excluding ortho intramolecular Hbond substituents is 1. The average molecular weight is 394 g/mol. The Morgan fingerprint density at radius 1 is 1.28 bits per heavy atom. The molecular weight excluding hydrogens is 372 g/mol. The summed E-state index contributed by atoms with van der Waals surface area (Å²) in [7, 11) is 1.47. The molecule has 0 radical (unpaired) electrons. The highest BCUT2D eigenvalue weighted by Crippen LogP contribution is 2.30. The van der Waals surface area contributed by atoms with Gasteiger partial charge in [-0.05, 0) is 49.6 Å². The van der Waals surface area contributed by atoms with Crippen LogP contribution in [-0.2, 0) is 4.74 Å². The Morgan fingerprint density at radius 2 is 2.17 bits per heavy atom. The molecule has 3 aromatic rings. The summed E-state index contributed by atoms with van der Waals surface area (Å²) >= 11 is 0. The molecule has 0 aliphatic carbocycles. The number of aromatic nitrogens is 3. The number of nitrogens with zero attached hydrogens (tertiary/aromatic N) is 3. The zero-order valence-electron chi connectivity index (χ0n) is 16.0. The number of benzene rings is 1. The number of carbonyl (C=O) groups excluding carboxylic acids is 1. The van der Waals surface area contributed by atoms with Crippen LogP contribution in [0.4, 0.5) is 5.69 Å². The van der Waals surface area contributed by atoms with E-state index in [1.165, 1.54) is 19.2 Å². The normalized spacial score (nSPS) is 16.4. The molecule has 1 saturated heterocycles. The van der Waals surface area contributed by atoms with Crippen molar-refractivity contribution in [1.82, 2.24) is 14.8 Å². The molecule has 1 fully saturated rings. The van der Waals surface area contributed by atoms with Gasteiger partial charge in [-0.15, -0.1) is 0 Å². The van der Waals surface area contributed by atoms with E-state index < -0.39 is 0 Å². The number of methoxy groups -OCH3 is 1. The van der Waals surface area contributed by atoms with E-state index in [4.69, 9.17) is 9.47 Å². The van der Waals surface area contributed by atoms with E-state index in [2.05, 4.69) is 15.4 Å². The van der Waals surface area contributed by atoms with Crippen molar-refractivity contribution >= 4 is 11.6 Å². The average Bonchev–Trinajstić information content (AvgIpc) is 3.25. The summed E-state index contributed by atoms with van der Waals surface area (Å²) in [6, 6.07) is 11.6. The Labute approximate surface area is 168 Å². The van der Waals surface area contributed by atoms with Gasteiger partial charge in [0.15, 0.2) is 6.23 Å². The van der Waals surface area contributed by atoms with Crippen LogP contribution in [-0.4, -0.2) is 39.5 Å². The van der Waals surface area contributed by atoms with Gasteiger partial charge < -0.3 is 19.9 Å². The molecule has 150 valence electrons. The highest BCUT2D eigenvalue weighted by atomic mass is 16.5. The van der Waals surface area contributed by atoms with Crippen molar-refractivity contribution in [3.8, 4) is 22.9 Å². The van der Waals surface area contributed by atoms with Crippen LogP contribution in [0.1, 0.15) is 36.0 Å². The number of ether oxygens (including phenoxy) is 2. The van der Waals surface area contributed by atoms with Gasteiger partial charge >= 0.3 is 0 Å². The van der Waals surface area contributed by atoms with E-state index >= 15 is 0 Å². The first-order valence-electron chi connectivity index (χ1n) is 9.46. The van der Waals surface area contributed by atoms with Gasteiger partial charge in [0, 0.05) is 18.9 Å². The van der Waals surface area contributed by atoms with Crippen molar-refractivity contribution < 1.29 is 19.4 Å². The first kappa shape index (κ1) is 18.9. The molecular formula is C21H22N4O4. The van der Waals surface area contributed by atoms with Crippen molar-refractivity contribution in [3.05, 3.63) is 54.4 Å². The molecule has 8 heteroatoms. The molecule has 1 unspecified atom stereocenters. The first-order valence-corrected chi connectivity index (χ1v) is 9.46. The van der Waals surface area contributed by atoms with Crippen LogP contribution in [0, 0.1) is 0 Å². The molecule has 1 aromatic carbocycles. The summed E-state index contributed by atoms with van der Waals surface area (Å²) in [4.78, 5) is 17.3. The third-order valence-electron chi connectivity index (χ3n) is 4.78. The zero-order valence-corrected chi connectivity index (χ0v) is 16.0. The lowest BCUT2D eigenvalue weighted by molar-refractivity contribution is -0.0384. The smallest absolute Gasteiger partial charge is 0.274 e. The Hall–Kier alpha value is -3.39. The van der Waals surface area contributed by atoms with Gasteiger partial charge in [0.2, 0.25) is 0 Å². The maximum Gasteiger partial charge on any atom is 0.274 e. The molecule has 1 aliphatic rings. The Balaban J connectivity index is 1.58. The Bertz CT molecular complexity index is 1010. The number of nitrogens with one attached hydrogen (secondary N) is 1. The largest absolute Gasteiger partial charge is 0.508 e. The molecule has 3 heterocycles. The second-order valence-corrected chi connectivity index (χ2v) is 6.73. The van der Waals surface area contributed by atoms with Gasteiger partial charge in [-0.3, -0.25) is 4.79 Å². The first-order chi connectivity index (χ1) is 14.2. The minimum atomic E-state index is -0.379. The number of hydrogen-bond donors (Lipinski definition) is 2. The fraction of sp³-hybridized carbons (Fsp3) is 0.286. The fourth-order valence-electron chi connectivity index (χ4n) is 3.34. The Morgan fingerprint density at radius 3 is 2.97 bits per heavy atom. The summed E-state index contributed by atoms with van der Waals surface area (Å²) in [5, 5.41) is 16.7. The van der Waals surface area contributed by atoms with Gasteiger partial charge in [-0.2, -0.15) is 5.10 Å². The van der Waals surface area contributed by atoms with Crippen LogP contribution in [0.15, 0.2) is 48.7 Å². The lowest BCUT2D eigenvalue weighted by Crippen LogP contribution is -2.20. The van der Waals surface area contributed by atoms with E-state index in [1.807, 2.05) is 16.8 Å². The van der Waals surface area contributed by atoms with Crippen molar-refractivity contribution in [2.45, 2.75) is 25.5 Å². The van der Waals surface area contributed by atoms with Crippen molar-refractivity contribution in [1.29, 1.82) is 0 Å². The SMILES string of the molecule is COc1cc(O)ccc1NC(=O)c1cccc(-c2ccnn2C2CCCCO2)n1. The van der Waals surface area contributed by atoms with Gasteiger partial charge in [0.25, 0.3) is 5.91 Å². The zero-order chi connectivity index (χ0) is 20.2. The third-order valence-corrected chi connectivity index (χ3v) is 4.78. The number of carbonyl (C=O) groups is 1. The number of pyridine rings is 1. The Kier molecular flexibility index (Phi) is 5.44. The lowest BCUT2D eigenvalue weighted by atomic mass is 10.1. The molecule has 4 rings (SSSR count). The monoisotopic (exact) mass is 394 g/mol. The quantitative estimate of drug-likeness (QED) is 0.642. The van der Waals surface area contributed by atoms with Crippen molar-refractivity contribution in [3.63, 3.8) is 0 Å². The summed E-state index contributed by atoms with van der Waals surface area (Å²) < 4.78 is 12.9. The summed E-state index contributed by atoms with van der Waals surface area (Å²) in [6.07, 6.45) is 4.64. The number of anilines is 1. The fourth-order valence-corrected chi connectivity index (χ4v) is 3.34. The molecule has 1 amide bonds. The number of amides is 1. The number of hydrogen-bond acceptors (Lipinski definition) is 6. The second-order valence-electron chi connectivity index (χ2n) is 6.73. The number of phenols is 1. The van der Waals surface area contributed by atoms with Crippen LogP contribution in [0.25, 0.3) is 11.4 Å². The van der Waals surface area contributed by atoms with Crippen LogP contribution >= 0.6 is 0 Å². The maximum atomic E-state index is 12.7. The number of rotatable bonds is 5. The minimum absolute atomic E-state index is 0.0539. The van der Waals surface area contributed by atoms with Gasteiger partial charge in [-0.25, -0.2) is 9.67 Å². The topological polar surface area (TPSA) is 98.5 Å². The third kappa shape index (κ3) is 4.07. The molecule has 1 aliphatic heterocycles. The lowest BCUT2D eigenvalue weighted by Gasteiger charge is -2.24. The molecule has 1 atom stereocenters. The van der Waals surface area contributed by atoms with Gasteiger partial charge in [-0.1, -0.05) is 6.07 Å². The molecule has 2 aromatic heterocycles. The van der Waals surface area contributed by atoms with E-state index in [0.717, 1.165) is 25.0 Å². The molecule has 2 N–H and O–H groups in total. The standard InChI is InChI=1S/C21H22N4O4/c1-28-19-13-14(26)8-9-16(19)24-21(27)17-6-4-5-15(23-17)18-10-11-22-25(18)20-7-2-3-12-29-20/h4-6,8-11,13,20,26H,2-3,7,12H2,1H3,(H,24,27). The summed E-state index contributed by atoms with van der Waals surface area (Å²) in [6.45, 7) is 0.717. The maximum absolute atomic E-state index is 12.7. The van der Waals surface area contributed by atoms with E-state index in [0.29, 0.717) is 23.7 Å². The van der Waals surface area contributed by atoms with Crippen LogP contribution in [0.2, 0.25) is 0 Å². The summed E-state index contributed by atoms with van der Waals surface area (Å²) in [5.74, 6) is 0.0380. The second kappa shape index (κ2) is 8.32. The van der Waals surface area contributed by atoms with Crippen LogP contribution in [0.3, 0.4) is 0 Å². The molecule has 29 heavy (non-hydrogen) atoms. The highest BCUT2D eigenvalue weighted by molar-refractivity contribution is 6.04. The predicted molar refractivity (Wildman–Crippen MR) is 107 cm³/mol. The molecule has 8 nitrogen and oxygen atoms in total. The van der Waals surface area contributed by atoms with Crippen LogP contribution in [0.5, 0.6) is 11.5 Å². The van der Waals surface area contributed by atoms with Gasteiger partial charge in [0.1, 0.15) is 17.2 Å². The molecule has 0 saturated carbocycles. The highest BCUT2D eigenvalue weighted by Gasteiger charge is 2.21. The predicted octanol–water partition coefficient (Wildman–Crippen LogP) is 3.61. The van der Waals surface area contributed by atoms with Crippen molar-refractivity contribution in [2.24, 2.45) is 0 Å². The van der Waals surface area contributed by atoms with Gasteiger partial charge in [0.05, 0.1) is 24.2 Å². The summed E-state index contributed by atoms with van der Waals surface area (Å²) in [5.41, 5.74) is 2.15. The van der Waals surface area contributed by atoms with E-state index in [-0.39, 0.29) is 23.6 Å². The molecule has 0 spiro atoms. The van der Waals surface area contributed by atoms with Crippen molar-refractivity contribution in [2.75, 3.05) is 19.0 Å². The van der Waals surface area contributed by atoms with E-state index in [1.54, 1.807) is 24.4 Å².